The molecular formula is C24H31NO2. The van der Waals surface area contributed by atoms with Gasteiger partial charge in [-0.3, -0.25) is 9.69 Å². The summed E-state index contributed by atoms with van der Waals surface area (Å²) in [6.07, 6.45) is 2.19. The smallest absolute Gasteiger partial charge is 0.308 e. The van der Waals surface area contributed by atoms with Crippen LogP contribution in [0.15, 0.2) is 73.3 Å². The van der Waals surface area contributed by atoms with Crippen LogP contribution < -0.4 is 0 Å². The van der Waals surface area contributed by atoms with E-state index in [0.717, 1.165) is 5.56 Å². The Morgan fingerprint density at radius 1 is 1.04 bits per heavy atom. The quantitative estimate of drug-likeness (QED) is 0.443. The maximum Gasteiger partial charge on any atom is 0.308 e. The van der Waals surface area contributed by atoms with E-state index in [1.54, 1.807) is 0 Å². The normalized spacial score (nSPS) is 13.8. The molecule has 2 rings (SSSR count). The van der Waals surface area contributed by atoms with Crippen LogP contribution in [0.3, 0.4) is 0 Å². The standard InChI is InChI=1S/C24H31NO2/c1-6-17-25(19(2)20-13-9-7-10-14-20)22(21-15-11-8-12-16-21)18-23(26)27-24(3,4)5/h6-16,19,22H,1,17-18H2,2-5H3. The molecule has 27 heavy (non-hydrogen) atoms. The van der Waals surface area contributed by atoms with Crippen molar-refractivity contribution in [3.05, 3.63) is 84.4 Å². The average Bonchev–Trinajstić information content (AvgIpc) is 2.64. The van der Waals surface area contributed by atoms with E-state index in [4.69, 9.17) is 4.74 Å². The molecule has 0 aliphatic carbocycles. The minimum Gasteiger partial charge on any atom is -0.460 e. The molecule has 144 valence electrons. The van der Waals surface area contributed by atoms with Crippen LogP contribution in [0.2, 0.25) is 0 Å². The van der Waals surface area contributed by atoms with Crippen molar-refractivity contribution < 1.29 is 9.53 Å². The molecule has 2 aromatic carbocycles. The first-order chi connectivity index (χ1) is 12.8. The third-order valence-electron chi connectivity index (χ3n) is 4.48. The molecule has 3 heteroatoms. The predicted octanol–water partition coefficient (Wildman–Crippen LogP) is 5.71. The molecule has 0 spiro atoms. The highest BCUT2D eigenvalue weighted by molar-refractivity contribution is 5.71. The fraction of sp³-hybridized carbons (Fsp3) is 0.375. The van der Waals surface area contributed by atoms with Crippen LogP contribution >= 0.6 is 0 Å². The Kier molecular flexibility index (Phi) is 7.37. The first-order valence-corrected chi connectivity index (χ1v) is 9.50. The number of rotatable bonds is 8. The van der Waals surface area contributed by atoms with Gasteiger partial charge < -0.3 is 4.74 Å². The van der Waals surface area contributed by atoms with Crippen molar-refractivity contribution in [3.63, 3.8) is 0 Å². The molecule has 2 atom stereocenters. The minimum absolute atomic E-state index is 0.0887. The van der Waals surface area contributed by atoms with E-state index in [1.807, 2.05) is 63.2 Å². The van der Waals surface area contributed by atoms with Gasteiger partial charge in [0.05, 0.1) is 6.42 Å². The lowest BCUT2D eigenvalue weighted by Gasteiger charge is -2.36. The maximum absolute atomic E-state index is 12.6. The summed E-state index contributed by atoms with van der Waals surface area (Å²) in [5.41, 5.74) is 1.82. The zero-order valence-electron chi connectivity index (χ0n) is 16.9. The number of benzene rings is 2. The minimum atomic E-state index is -0.493. The number of esters is 1. The van der Waals surface area contributed by atoms with E-state index in [9.17, 15) is 4.79 Å². The Balaban J connectivity index is 2.36. The summed E-state index contributed by atoms with van der Waals surface area (Å²) in [5.74, 6) is -0.189. The highest BCUT2D eigenvalue weighted by atomic mass is 16.6. The number of carbonyl (C=O) groups is 1. The molecule has 0 heterocycles. The topological polar surface area (TPSA) is 29.5 Å². The van der Waals surface area contributed by atoms with Crippen LogP contribution in [-0.4, -0.2) is 23.0 Å². The maximum atomic E-state index is 12.6. The van der Waals surface area contributed by atoms with E-state index in [0.29, 0.717) is 13.0 Å². The second kappa shape index (κ2) is 9.52. The summed E-state index contributed by atoms with van der Waals surface area (Å²) in [6.45, 7) is 12.5. The third kappa shape index (κ3) is 6.37. The predicted molar refractivity (Wildman–Crippen MR) is 111 cm³/mol. The van der Waals surface area contributed by atoms with Crippen LogP contribution in [0.5, 0.6) is 0 Å². The van der Waals surface area contributed by atoms with Gasteiger partial charge in [0.2, 0.25) is 0 Å². The van der Waals surface area contributed by atoms with Gasteiger partial charge in [-0.15, -0.1) is 6.58 Å². The van der Waals surface area contributed by atoms with Crippen molar-refractivity contribution >= 4 is 5.97 Å². The average molecular weight is 366 g/mol. The fourth-order valence-electron chi connectivity index (χ4n) is 3.27. The van der Waals surface area contributed by atoms with Crippen LogP contribution in [0.1, 0.15) is 57.3 Å². The molecule has 0 aliphatic heterocycles. The highest BCUT2D eigenvalue weighted by Gasteiger charge is 2.29. The molecule has 0 saturated carbocycles. The molecule has 0 N–H and O–H groups in total. The van der Waals surface area contributed by atoms with Gasteiger partial charge in [-0.05, 0) is 38.8 Å². The number of hydrogen-bond acceptors (Lipinski definition) is 3. The van der Waals surface area contributed by atoms with E-state index in [2.05, 4.69) is 42.7 Å². The van der Waals surface area contributed by atoms with Crippen LogP contribution in [0.4, 0.5) is 0 Å². The Hall–Kier alpha value is -2.39. The fourth-order valence-corrected chi connectivity index (χ4v) is 3.27. The zero-order valence-corrected chi connectivity index (χ0v) is 16.9. The molecule has 0 aromatic heterocycles. The van der Waals surface area contributed by atoms with Gasteiger partial charge in [-0.2, -0.15) is 0 Å². The summed E-state index contributed by atoms with van der Waals surface area (Å²) < 4.78 is 5.61. The Morgan fingerprint density at radius 2 is 1.56 bits per heavy atom. The lowest BCUT2D eigenvalue weighted by atomic mass is 9.97. The van der Waals surface area contributed by atoms with Crippen molar-refractivity contribution in [2.75, 3.05) is 6.54 Å². The highest BCUT2D eigenvalue weighted by Crippen LogP contribution is 2.33. The second-order valence-electron chi connectivity index (χ2n) is 7.79. The zero-order chi connectivity index (χ0) is 19.9. The van der Waals surface area contributed by atoms with Gasteiger partial charge in [-0.25, -0.2) is 0 Å². The number of carbonyl (C=O) groups excluding carboxylic acids is 1. The largest absolute Gasteiger partial charge is 0.460 e. The number of nitrogens with zero attached hydrogens (tertiary/aromatic N) is 1. The third-order valence-corrected chi connectivity index (χ3v) is 4.48. The van der Waals surface area contributed by atoms with E-state index < -0.39 is 5.60 Å². The summed E-state index contributed by atoms with van der Waals surface area (Å²) >= 11 is 0. The van der Waals surface area contributed by atoms with Crippen LogP contribution in [0, 0.1) is 0 Å². The summed E-state index contributed by atoms with van der Waals surface area (Å²) in [6, 6.07) is 20.6. The van der Waals surface area contributed by atoms with Crippen molar-refractivity contribution in [3.8, 4) is 0 Å². The van der Waals surface area contributed by atoms with Gasteiger partial charge in [0.1, 0.15) is 5.60 Å². The summed E-state index contributed by atoms with van der Waals surface area (Å²) in [7, 11) is 0. The first-order valence-electron chi connectivity index (χ1n) is 9.50. The molecular weight excluding hydrogens is 334 g/mol. The lowest BCUT2D eigenvalue weighted by Crippen LogP contribution is -2.35. The monoisotopic (exact) mass is 365 g/mol. The SMILES string of the molecule is C=CCN(C(C)c1ccccc1)C(CC(=O)OC(C)(C)C)c1ccccc1. The molecule has 0 fully saturated rings. The Labute approximate surface area is 163 Å². The first kappa shape index (κ1) is 20.9. The molecule has 0 bridgehead atoms. The summed E-state index contributed by atoms with van der Waals surface area (Å²) in [5, 5.41) is 0. The van der Waals surface area contributed by atoms with Gasteiger partial charge in [0, 0.05) is 18.6 Å². The van der Waals surface area contributed by atoms with Gasteiger partial charge >= 0.3 is 5.97 Å². The van der Waals surface area contributed by atoms with Crippen LogP contribution in [-0.2, 0) is 9.53 Å². The molecule has 0 saturated heterocycles. The van der Waals surface area contributed by atoms with Crippen molar-refractivity contribution in [2.24, 2.45) is 0 Å². The Bertz CT molecular complexity index is 719. The molecule has 0 radical (unpaired) electrons. The lowest BCUT2D eigenvalue weighted by molar-refractivity contribution is -0.156. The van der Waals surface area contributed by atoms with Crippen molar-refractivity contribution in [1.29, 1.82) is 0 Å². The van der Waals surface area contributed by atoms with Crippen molar-refractivity contribution in [2.45, 2.75) is 51.8 Å². The van der Waals surface area contributed by atoms with E-state index in [1.165, 1.54) is 5.56 Å². The summed E-state index contributed by atoms with van der Waals surface area (Å²) in [4.78, 5) is 14.9. The van der Waals surface area contributed by atoms with Gasteiger partial charge in [0.25, 0.3) is 0 Å². The second-order valence-corrected chi connectivity index (χ2v) is 7.79. The van der Waals surface area contributed by atoms with E-state index >= 15 is 0 Å². The number of ether oxygens (including phenoxy) is 1. The van der Waals surface area contributed by atoms with Gasteiger partial charge in [-0.1, -0.05) is 66.7 Å². The molecule has 0 amide bonds. The Morgan fingerprint density at radius 3 is 2.04 bits per heavy atom. The van der Waals surface area contributed by atoms with Crippen LogP contribution in [0.25, 0.3) is 0 Å². The van der Waals surface area contributed by atoms with Gasteiger partial charge in [0.15, 0.2) is 0 Å². The molecule has 2 aromatic rings. The molecule has 3 nitrogen and oxygen atoms in total. The van der Waals surface area contributed by atoms with Crippen molar-refractivity contribution in [1.82, 2.24) is 4.90 Å². The van der Waals surface area contributed by atoms with E-state index in [-0.39, 0.29) is 18.1 Å². The molecule has 2 unspecified atom stereocenters. The molecule has 0 aliphatic rings. The number of hydrogen-bond donors (Lipinski definition) is 0.